The number of ether oxygens (including phenoxy) is 1. The number of hydrogen-bond donors (Lipinski definition) is 2. The van der Waals surface area contributed by atoms with Crippen LogP contribution in [0.5, 0.6) is 5.19 Å². The second-order valence-electron chi connectivity index (χ2n) is 6.78. The van der Waals surface area contributed by atoms with Crippen LogP contribution in [-0.2, 0) is 11.4 Å². The molecule has 1 aromatic carbocycles. The number of rotatable bonds is 6. The molecule has 3 heterocycles. The summed E-state index contributed by atoms with van der Waals surface area (Å²) in [6.45, 7) is 3.14. The van der Waals surface area contributed by atoms with Gasteiger partial charge >= 0.3 is 0 Å². The van der Waals surface area contributed by atoms with Crippen LogP contribution in [0.25, 0.3) is 0 Å². The average Bonchev–Trinajstić information content (AvgIpc) is 3.22. The summed E-state index contributed by atoms with van der Waals surface area (Å²) in [4.78, 5) is 31.1. The first-order valence-corrected chi connectivity index (χ1v) is 10.7. The molecule has 11 heteroatoms. The molecule has 0 unspecified atom stereocenters. The second-order valence-corrected chi connectivity index (χ2v) is 8.15. The van der Waals surface area contributed by atoms with Crippen molar-refractivity contribution in [3.63, 3.8) is 0 Å². The third-order valence-corrected chi connectivity index (χ3v) is 5.71. The quantitative estimate of drug-likeness (QED) is 0.584. The molecule has 2 aromatic heterocycles. The van der Waals surface area contributed by atoms with Crippen LogP contribution < -0.4 is 20.3 Å². The highest BCUT2D eigenvalue weighted by molar-refractivity contribution is 7.17. The standard InChI is InChI=1S/C20H19ClN6O3S/c1-12-17(28)23-9-10-27(12)16-15(3-2-8-22-16)18(29)24-19-25-26-20(31-19)30-11-13-4-6-14(21)7-5-13/h2-8,12H,9-11H2,1H3,(H,23,28)(H,24,25,29)/t12-/m1/s1. The molecule has 1 saturated heterocycles. The zero-order valence-corrected chi connectivity index (χ0v) is 18.1. The van der Waals surface area contributed by atoms with Crippen LogP contribution in [0.1, 0.15) is 22.8 Å². The molecule has 1 aliphatic rings. The third kappa shape index (κ3) is 4.92. The molecule has 3 aromatic rings. The molecule has 0 bridgehead atoms. The Bertz CT molecular complexity index is 1090. The summed E-state index contributed by atoms with van der Waals surface area (Å²) in [7, 11) is 0. The van der Waals surface area contributed by atoms with Crippen molar-refractivity contribution in [3.05, 3.63) is 58.7 Å². The van der Waals surface area contributed by atoms with Crippen LogP contribution in [0.15, 0.2) is 42.6 Å². The Labute approximate surface area is 187 Å². The van der Waals surface area contributed by atoms with Crippen molar-refractivity contribution in [2.75, 3.05) is 23.3 Å². The van der Waals surface area contributed by atoms with Gasteiger partial charge in [-0.2, -0.15) is 0 Å². The molecule has 0 saturated carbocycles. The summed E-state index contributed by atoms with van der Waals surface area (Å²) < 4.78 is 5.63. The van der Waals surface area contributed by atoms with Gasteiger partial charge in [-0.1, -0.05) is 28.8 Å². The molecule has 4 rings (SSSR count). The van der Waals surface area contributed by atoms with E-state index in [0.717, 1.165) is 16.9 Å². The highest BCUT2D eigenvalue weighted by Crippen LogP contribution is 2.26. The molecule has 9 nitrogen and oxygen atoms in total. The molecule has 1 fully saturated rings. The molecule has 1 atom stereocenters. The van der Waals surface area contributed by atoms with Gasteiger partial charge in [0, 0.05) is 24.3 Å². The van der Waals surface area contributed by atoms with Gasteiger partial charge in [0.25, 0.3) is 11.1 Å². The highest BCUT2D eigenvalue weighted by atomic mass is 35.5. The average molecular weight is 459 g/mol. The lowest BCUT2D eigenvalue weighted by Gasteiger charge is -2.34. The topological polar surface area (TPSA) is 109 Å². The van der Waals surface area contributed by atoms with Gasteiger partial charge < -0.3 is 15.0 Å². The summed E-state index contributed by atoms with van der Waals surface area (Å²) in [5.41, 5.74) is 1.28. The van der Waals surface area contributed by atoms with Gasteiger partial charge in [0.05, 0.1) is 5.56 Å². The van der Waals surface area contributed by atoms with E-state index in [1.165, 1.54) is 0 Å². The lowest BCUT2D eigenvalue weighted by Crippen LogP contribution is -2.54. The van der Waals surface area contributed by atoms with Crippen molar-refractivity contribution in [1.82, 2.24) is 20.5 Å². The number of nitrogens with zero attached hydrogens (tertiary/aromatic N) is 4. The van der Waals surface area contributed by atoms with E-state index in [9.17, 15) is 9.59 Å². The first-order valence-electron chi connectivity index (χ1n) is 9.53. The van der Waals surface area contributed by atoms with Gasteiger partial charge in [-0.25, -0.2) is 4.98 Å². The molecular formula is C20H19ClN6O3S. The van der Waals surface area contributed by atoms with Crippen LogP contribution in [0, 0.1) is 0 Å². The summed E-state index contributed by atoms with van der Waals surface area (Å²) in [6.07, 6.45) is 1.60. The number of carbonyl (C=O) groups is 2. The number of aromatic nitrogens is 3. The molecule has 31 heavy (non-hydrogen) atoms. The first-order chi connectivity index (χ1) is 15.0. The smallest absolute Gasteiger partial charge is 0.296 e. The SMILES string of the molecule is C[C@@H]1C(=O)NCCN1c1ncccc1C(=O)Nc1nnc(OCc2ccc(Cl)cc2)s1. The summed E-state index contributed by atoms with van der Waals surface area (Å²) in [6, 6.07) is 10.2. The van der Waals surface area contributed by atoms with E-state index in [2.05, 4.69) is 25.8 Å². The Hall–Kier alpha value is -3.24. The molecule has 0 radical (unpaired) electrons. The summed E-state index contributed by atoms with van der Waals surface area (Å²) in [5, 5.41) is 14.7. The largest absolute Gasteiger partial charge is 0.464 e. The number of pyridine rings is 1. The van der Waals surface area contributed by atoms with E-state index in [0.29, 0.717) is 46.4 Å². The zero-order chi connectivity index (χ0) is 21.8. The van der Waals surface area contributed by atoms with Crippen LogP contribution in [0.4, 0.5) is 10.9 Å². The molecule has 160 valence electrons. The normalized spacial score (nSPS) is 16.0. The van der Waals surface area contributed by atoms with E-state index in [1.807, 2.05) is 17.0 Å². The van der Waals surface area contributed by atoms with Crippen LogP contribution >= 0.6 is 22.9 Å². The fraction of sp³-hybridized carbons (Fsp3) is 0.250. The van der Waals surface area contributed by atoms with Crippen molar-refractivity contribution in [1.29, 1.82) is 0 Å². The van der Waals surface area contributed by atoms with Crippen LogP contribution in [-0.4, -0.2) is 46.1 Å². The minimum absolute atomic E-state index is 0.102. The number of hydrogen-bond acceptors (Lipinski definition) is 8. The van der Waals surface area contributed by atoms with Crippen molar-refractivity contribution in [2.24, 2.45) is 0 Å². The van der Waals surface area contributed by atoms with Crippen LogP contribution in [0.2, 0.25) is 5.02 Å². The maximum absolute atomic E-state index is 12.9. The number of nitrogens with one attached hydrogen (secondary N) is 2. The van der Waals surface area contributed by atoms with Crippen LogP contribution in [0.3, 0.4) is 0 Å². The Morgan fingerprint density at radius 1 is 1.32 bits per heavy atom. The van der Waals surface area contributed by atoms with Gasteiger partial charge in [-0.05, 0) is 48.1 Å². The number of amides is 2. The van der Waals surface area contributed by atoms with Gasteiger partial charge in [0.2, 0.25) is 11.0 Å². The third-order valence-electron chi connectivity index (χ3n) is 4.70. The van der Waals surface area contributed by atoms with Crippen molar-refractivity contribution in [2.45, 2.75) is 19.6 Å². The predicted molar refractivity (Wildman–Crippen MR) is 118 cm³/mol. The number of anilines is 2. The number of halogens is 1. The Kier molecular flexibility index (Phi) is 6.28. The van der Waals surface area contributed by atoms with Gasteiger partial charge in [0.15, 0.2) is 0 Å². The monoisotopic (exact) mass is 458 g/mol. The van der Waals surface area contributed by atoms with Crippen molar-refractivity contribution < 1.29 is 14.3 Å². The Morgan fingerprint density at radius 3 is 2.94 bits per heavy atom. The van der Waals surface area contributed by atoms with Crippen molar-refractivity contribution >= 4 is 45.7 Å². The minimum atomic E-state index is -0.426. The maximum Gasteiger partial charge on any atom is 0.296 e. The Morgan fingerprint density at radius 2 is 2.13 bits per heavy atom. The lowest BCUT2D eigenvalue weighted by atomic mass is 10.1. The number of carbonyl (C=O) groups excluding carboxylic acids is 2. The maximum atomic E-state index is 12.9. The zero-order valence-electron chi connectivity index (χ0n) is 16.5. The fourth-order valence-electron chi connectivity index (χ4n) is 3.08. The summed E-state index contributed by atoms with van der Waals surface area (Å²) >= 11 is 7.00. The molecule has 0 spiro atoms. The van der Waals surface area contributed by atoms with E-state index < -0.39 is 6.04 Å². The highest BCUT2D eigenvalue weighted by Gasteiger charge is 2.29. The first kappa shape index (κ1) is 21.0. The number of benzene rings is 1. The minimum Gasteiger partial charge on any atom is -0.464 e. The Balaban J connectivity index is 1.43. The fourth-order valence-corrected chi connectivity index (χ4v) is 3.80. The molecular weight excluding hydrogens is 440 g/mol. The molecule has 2 amide bonds. The van der Waals surface area contributed by atoms with Gasteiger partial charge in [0.1, 0.15) is 18.5 Å². The second kappa shape index (κ2) is 9.27. The number of piperazine rings is 1. The van der Waals surface area contributed by atoms with Gasteiger partial charge in [-0.3, -0.25) is 14.9 Å². The molecule has 0 aliphatic carbocycles. The van der Waals surface area contributed by atoms with Gasteiger partial charge in [-0.15, -0.1) is 5.10 Å². The summed E-state index contributed by atoms with van der Waals surface area (Å²) in [5.74, 6) is -0.0392. The molecule has 2 N–H and O–H groups in total. The van der Waals surface area contributed by atoms with Crippen molar-refractivity contribution in [3.8, 4) is 5.19 Å². The lowest BCUT2D eigenvalue weighted by molar-refractivity contribution is -0.122. The van der Waals surface area contributed by atoms with E-state index in [4.69, 9.17) is 16.3 Å². The molecule has 1 aliphatic heterocycles. The van der Waals surface area contributed by atoms with E-state index >= 15 is 0 Å². The van der Waals surface area contributed by atoms with E-state index in [-0.39, 0.29) is 11.8 Å². The predicted octanol–water partition coefficient (Wildman–Crippen LogP) is 2.74. The van der Waals surface area contributed by atoms with E-state index in [1.54, 1.807) is 37.4 Å².